The molecule has 1 aromatic carbocycles. The number of hydrogen-bond donors (Lipinski definition) is 1. The Morgan fingerprint density at radius 3 is 2.79 bits per heavy atom. The van der Waals surface area contributed by atoms with Crippen LogP contribution in [0.15, 0.2) is 12.1 Å². The van der Waals surface area contributed by atoms with E-state index in [1.54, 1.807) is 0 Å². The maximum atomic E-state index is 5.97. The minimum Gasteiger partial charge on any atom is -0.491 e. The van der Waals surface area contributed by atoms with Crippen LogP contribution in [0, 0.1) is 0 Å². The molecule has 2 rings (SSSR count). The Hall–Kier alpha value is -1.02. The summed E-state index contributed by atoms with van der Waals surface area (Å²) in [6.45, 7) is 4.96. The third kappa shape index (κ3) is 1.40. The van der Waals surface area contributed by atoms with Crippen LogP contribution in [-0.4, -0.2) is 6.61 Å². The first-order valence-electron chi connectivity index (χ1n) is 5.30. The van der Waals surface area contributed by atoms with Gasteiger partial charge in [-0.25, -0.2) is 0 Å². The van der Waals surface area contributed by atoms with Crippen LogP contribution in [0.25, 0.3) is 0 Å². The van der Waals surface area contributed by atoms with Gasteiger partial charge in [-0.05, 0) is 24.0 Å². The van der Waals surface area contributed by atoms with E-state index in [4.69, 9.17) is 10.5 Å². The van der Waals surface area contributed by atoms with Crippen molar-refractivity contribution in [3.8, 4) is 5.75 Å². The monoisotopic (exact) mass is 191 g/mol. The molecule has 0 fully saturated rings. The fourth-order valence-electron chi connectivity index (χ4n) is 1.96. The summed E-state index contributed by atoms with van der Waals surface area (Å²) in [7, 11) is 0. The van der Waals surface area contributed by atoms with Crippen molar-refractivity contribution in [2.24, 2.45) is 5.73 Å². The number of rotatable bonds is 2. The van der Waals surface area contributed by atoms with Crippen LogP contribution in [-0.2, 0) is 12.8 Å². The predicted molar refractivity (Wildman–Crippen MR) is 57.6 cm³/mol. The minimum absolute atomic E-state index is 0.0711. The molecule has 1 aliphatic heterocycles. The summed E-state index contributed by atoms with van der Waals surface area (Å²) in [5, 5.41) is 0. The van der Waals surface area contributed by atoms with Gasteiger partial charge in [-0.3, -0.25) is 0 Å². The highest BCUT2D eigenvalue weighted by Crippen LogP contribution is 2.35. The first kappa shape index (κ1) is 9.53. The average Bonchev–Trinajstić information content (AvgIpc) is 2.59. The summed E-state index contributed by atoms with van der Waals surface area (Å²) in [6.07, 6.45) is 2.08. The molecule has 0 aliphatic carbocycles. The molecule has 0 saturated heterocycles. The van der Waals surface area contributed by atoms with Gasteiger partial charge in [-0.15, -0.1) is 0 Å². The second-order valence-corrected chi connectivity index (χ2v) is 3.80. The lowest BCUT2D eigenvalue weighted by Gasteiger charge is -2.09. The van der Waals surface area contributed by atoms with Crippen molar-refractivity contribution >= 4 is 0 Å². The van der Waals surface area contributed by atoms with E-state index in [2.05, 4.69) is 26.0 Å². The average molecular weight is 191 g/mol. The van der Waals surface area contributed by atoms with Crippen LogP contribution in [0.4, 0.5) is 0 Å². The smallest absolute Gasteiger partial charge is 0.127 e. The highest BCUT2D eigenvalue weighted by molar-refractivity contribution is 5.48. The van der Waals surface area contributed by atoms with E-state index in [1.807, 2.05) is 0 Å². The number of benzene rings is 1. The lowest BCUT2D eigenvalue weighted by Crippen LogP contribution is -2.10. The largest absolute Gasteiger partial charge is 0.491 e. The van der Waals surface area contributed by atoms with Crippen molar-refractivity contribution in [2.75, 3.05) is 6.61 Å². The lowest BCUT2D eigenvalue weighted by atomic mass is 9.99. The number of fused-ring (bicyclic) bond motifs is 1. The van der Waals surface area contributed by atoms with Crippen LogP contribution >= 0.6 is 0 Å². The molecule has 2 N–H and O–H groups in total. The maximum absolute atomic E-state index is 5.97. The molecule has 0 unspecified atom stereocenters. The van der Waals surface area contributed by atoms with E-state index in [1.165, 1.54) is 16.7 Å². The van der Waals surface area contributed by atoms with E-state index < -0.39 is 0 Å². The second-order valence-electron chi connectivity index (χ2n) is 3.80. The highest BCUT2D eigenvalue weighted by atomic mass is 16.5. The highest BCUT2D eigenvalue weighted by Gasteiger charge is 2.23. The molecule has 14 heavy (non-hydrogen) atoms. The first-order chi connectivity index (χ1) is 6.76. The summed E-state index contributed by atoms with van der Waals surface area (Å²) in [5.74, 6) is 1.04. The van der Waals surface area contributed by atoms with Gasteiger partial charge >= 0.3 is 0 Å². The Balaban J connectivity index is 2.52. The van der Waals surface area contributed by atoms with Crippen LogP contribution in [0.1, 0.15) is 36.6 Å². The Labute approximate surface area is 85.1 Å². The van der Waals surface area contributed by atoms with Crippen molar-refractivity contribution in [3.63, 3.8) is 0 Å². The number of aryl methyl sites for hydroxylation is 2. The van der Waals surface area contributed by atoms with Crippen molar-refractivity contribution in [1.82, 2.24) is 0 Å². The topological polar surface area (TPSA) is 35.2 Å². The first-order valence-corrected chi connectivity index (χ1v) is 5.30. The summed E-state index contributed by atoms with van der Waals surface area (Å²) in [4.78, 5) is 0. The van der Waals surface area contributed by atoms with E-state index in [0.717, 1.165) is 18.6 Å². The van der Waals surface area contributed by atoms with Crippen LogP contribution in [0.2, 0.25) is 0 Å². The van der Waals surface area contributed by atoms with Crippen molar-refractivity contribution < 1.29 is 4.74 Å². The Bertz CT molecular complexity index is 346. The molecule has 1 atom stereocenters. The standard InChI is InChI=1S/C12H17NO/c1-3-8-5-9(4-2)12-10(6-8)11(13)7-14-12/h5-6,11H,3-4,7,13H2,1-2H3/t11-/m0/s1. The van der Waals surface area contributed by atoms with Crippen molar-refractivity contribution in [2.45, 2.75) is 32.7 Å². The van der Waals surface area contributed by atoms with Gasteiger partial charge in [-0.2, -0.15) is 0 Å². The minimum atomic E-state index is 0.0711. The molecule has 2 nitrogen and oxygen atoms in total. The summed E-state index contributed by atoms with van der Waals surface area (Å²) < 4.78 is 5.61. The number of hydrogen-bond acceptors (Lipinski definition) is 2. The molecular formula is C12H17NO. The zero-order chi connectivity index (χ0) is 10.1. The van der Waals surface area contributed by atoms with Crippen LogP contribution in [0.3, 0.4) is 0 Å². The van der Waals surface area contributed by atoms with Gasteiger partial charge in [0.05, 0.1) is 6.04 Å². The zero-order valence-electron chi connectivity index (χ0n) is 8.84. The molecule has 76 valence electrons. The Kier molecular flexibility index (Phi) is 2.46. The SMILES string of the molecule is CCc1cc(CC)c2c(c1)[C@@H](N)CO2. The van der Waals surface area contributed by atoms with Crippen molar-refractivity contribution in [1.29, 1.82) is 0 Å². The van der Waals surface area contributed by atoms with Gasteiger partial charge < -0.3 is 10.5 Å². The molecular weight excluding hydrogens is 174 g/mol. The second kappa shape index (κ2) is 3.62. The molecule has 0 amide bonds. The molecule has 0 radical (unpaired) electrons. The zero-order valence-corrected chi connectivity index (χ0v) is 8.84. The summed E-state index contributed by atoms with van der Waals surface area (Å²) in [6, 6.07) is 4.49. The molecule has 1 aromatic rings. The number of ether oxygens (including phenoxy) is 1. The van der Waals surface area contributed by atoms with Crippen LogP contribution in [0.5, 0.6) is 5.75 Å². The molecule has 0 aromatic heterocycles. The molecule has 2 heteroatoms. The third-order valence-electron chi connectivity index (χ3n) is 2.85. The molecule has 0 bridgehead atoms. The van der Waals surface area contributed by atoms with Crippen molar-refractivity contribution in [3.05, 3.63) is 28.8 Å². The molecule has 1 aliphatic rings. The maximum Gasteiger partial charge on any atom is 0.127 e. The Morgan fingerprint density at radius 2 is 2.14 bits per heavy atom. The van der Waals surface area contributed by atoms with E-state index in [9.17, 15) is 0 Å². The predicted octanol–water partition coefficient (Wildman–Crippen LogP) is 2.20. The Morgan fingerprint density at radius 1 is 1.36 bits per heavy atom. The summed E-state index contributed by atoms with van der Waals surface area (Å²) >= 11 is 0. The number of nitrogens with two attached hydrogens (primary N) is 1. The molecule has 0 saturated carbocycles. The quantitative estimate of drug-likeness (QED) is 0.777. The normalized spacial score (nSPS) is 19.2. The van der Waals surface area contributed by atoms with Gasteiger partial charge in [0, 0.05) is 5.56 Å². The molecule has 0 spiro atoms. The van der Waals surface area contributed by atoms with E-state index in [-0.39, 0.29) is 6.04 Å². The van der Waals surface area contributed by atoms with Crippen LogP contribution < -0.4 is 10.5 Å². The van der Waals surface area contributed by atoms with E-state index in [0.29, 0.717) is 6.61 Å². The summed E-state index contributed by atoms with van der Waals surface area (Å²) in [5.41, 5.74) is 9.83. The van der Waals surface area contributed by atoms with E-state index >= 15 is 0 Å². The third-order valence-corrected chi connectivity index (χ3v) is 2.85. The van der Waals surface area contributed by atoms with Gasteiger partial charge in [0.2, 0.25) is 0 Å². The van der Waals surface area contributed by atoms with Gasteiger partial charge in [0.25, 0.3) is 0 Å². The molecule has 1 heterocycles. The van der Waals surface area contributed by atoms with Gasteiger partial charge in [-0.1, -0.05) is 26.0 Å². The fourth-order valence-corrected chi connectivity index (χ4v) is 1.96. The lowest BCUT2D eigenvalue weighted by molar-refractivity contribution is 0.331. The fraction of sp³-hybridized carbons (Fsp3) is 0.500. The van der Waals surface area contributed by atoms with Gasteiger partial charge in [0.1, 0.15) is 12.4 Å². The van der Waals surface area contributed by atoms with Gasteiger partial charge in [0.15, 0.2) is 0 Å².